The summed E-state index contributed by atoms with van der Waals surface area (Å²) in [4.78, 5) is 28.7. The highest BCUT2D eigenvalue weighted by Crippen LogP contribution is 2.40. The molecular weight excluding hydrogens is 492 g/mol. The summed E-state index contributed by atoms with van der Waals surface area (Å²) in [6, 6.07) is 18.7. The Balaban J connectivity index is 1.55. The van der Waals surface area contributed by atoms with Crippen molar-refractivity contribution in [1.82, 2.24) is 19.2 Å². The fourth-order valence-electron chi connectivity index (χ4n) is 4.60. The molecule has 0 aliphatic carbocycles. The lowest BCUT2D eigenvalue weighted by Gasteiger charge is -2.32. The van der Waals surface area contributed by atoms with Crippen molar-refractivity contribution in [3.05, 3.63) is 87.0 Å². The number of ketones is 1. The number of fused-ring (bicyclic) bond motifs is 5. The van der Waals surface area contributed by atoms with Crippen LogP contribution in [0.2, 0.25) is 0 Å². The second-order valence-electron chi connectivity index (χ2n) is 9.12. The number of carbonyl (C=O) groups excluding carboxylic acids is 1. The summed E-state index contributed by atoms with van der Waals surface area (Å²) in [5.41, 5.74) is 2.02. The summed E-state index contributed by atoms with van der Waals surface area (Å²) in [7, 11) is 0. The maximum Gasteiger partial charge on any atom is 0.268 e. The van der Waals surface area contributed by atoms with Crippen LogP contribution in [-0.4, -0.2) is 36.3 Å². The Labute approximate surface area is 215 Å². The van der Waals surface area contributed by atoms with Gasteiger partial charge in [-0.3, -0.25) is 9.59 Å². The Morgan fingerprint density at radius 1 is 1.11 bits per heavy atom. The normalized spacial score (nSPS) is 17.5. The standard InChI is InChI=1S/C27H24N4O3S2/c1-3-27(2)14-19-21(15-34-27)36-24-22(19)23(33)30(18-12-8-5-9-13-18)25-28-29-26(31(24)25)35-16-20(32)17-10-6-4-7-11-17/h4-13H,3,14-16H2,1-2H3/t27-/m0/s1. The summed E-state index contributed by atoms with van der Waals surface area (Å²) in [5.74, 6) is 0.674. The quantitative estimate of drug-likeness (QED) is 0.225. The Kier molecular flexibility index (Phi) is 5.78. The molecule has 5 aromatic rings. The minimum Gasteiger partial charge on any atom is -0.369 e. The molecule has 2 aromatic carbocycles. The molecule has 182 valence electrons. The van der Waals surface area contributed by atoms with Crippen LogP contribution in [0.15, 0.2) is 70.6 Å². The van der Waals surface area contributed by atoms with Gasteiger partial charge in [-0.2, -0.15) is 0 Å². The lowest BCUT2D eigenvalue weighted by atomic mass is 9.90. The summed E-state index contributed by atoms with van der Waals surface area (Å²) in [6.07, 6.45) is 1.53. The van der Waals surface area contributed by atoms with Gasteiger partial charge in [-0.1, -0.05) is 67.2 Å². The summed E-state index contributed by atoms with van der Waals surface area (Å²) in [5, 5.41) is 10.1. The first-order valence-electron chi connectivity index (χ1n) is 11.8. The van der Waals surface area contributed by atoms with Crippen molar-refractivity contribution < 1.29 is 9.53 Å². The second-order valence-corrected chi connectivity index (χ2v) is 11.2. The van der Waals surface area contributed by atoms with Crippen LogP contribution >= 0.6 is 23.1 Å². The van der Waals surface area contributed by atoms with Gasteiger partial charge in [-0.25, -0.2) is 8.97 Å². The third-order valence-electron chi connectivity index (χ3n) is 6.80. The van der Waals surface area contributed by atoms with Crippen molar-refractivity contribution in [3.8, 4) is 5.69 Å². The molecule has 0 saturated carbocycles. The number of benzene rings is 2. The first-order valence-corrected chi connectivity index (χ1v) is 13.6. The summed E-state index contributed by atoms with van der Waals surface area (Å²) >= 11 is 2.89. The molecule has 0 spiro atoms. The Bertz CT molecular complexity index is 1660. The van der Waals surface area contributed by atoms with Crippen molar-refractivity contribution in [2.45, 2.75) is 44.1 Å². The molecule has 0 unspecified atom stereocenters. The van der Waals surface area contributed by atoms with E-state index in [0.29, 0.717) is 34.9 Å². The number of aromatic nitrogens is 4. The molecular formula is C27H24N4O3S2. The fraction of sp³-hybridized carbons (Fsp3) is 0.259. The smallest absolute Gasteiger partial charge is 0.268 e. The molecule has 6 rings (SSSR count). The zero-order chi connectivity index (χ0) is 24.9. The molecule has 1 aliphatic heterocycles. The Morgan fingerprint density at radius 3 is 2.56 bits per heavy atom. The Hall–Kier alpha value is -3.27. The van der Waals surface area contributed by atoms with E-state index < -0.39 is 0 Å². The SMILES string of the molecule is CC[C@@]1(C)Cc2c(sc3c2c(=O)n(-c2ccccc2)c2nnc(SCC(=O)c4ccccc4)n32)CO1. The van der Waals surface area contributed by atoms with E-state index in [1.807, 2.05) is 65.1 Å². The highest BCUT2D eigenvalue weighted by atomic mass is 32.2. The molecule has 36 heavy (non-hydrogen) atoms. The number of rotatable bonds is 6. The number of hydrogen-bond acceptors (Lipinski definition) is 7. The first-order chi connectivity index (χ1) is 17.5. The monoisotopic (exact) mass is 516 g/mol. The second kappa shape index (κ2) is 8.99. The van der Waals surface area contributed by atoms with Crippen molar-refractivity contribution in [2.24, 2.45) is 0 Å². The van der Waals surface area contributed by atoms with Crippen LogP contribution in [0, 0.1) is 0 Å². The topological polar surface area (TPSA) is 78.5 Å². The molecule has 0 amide bonds. The van der Waals surface area contributed by atoms with Crippen LogP contribution in [0.4, 0.5) is 0 Å². The van der Waals surface area contributed by atoms with Gasteiger partial charge in [-0.05, 0) is 31.0 Å². The van der Waals surface area contributed by atoms with Crippen LogP contribution in [0.1, 0.15) is 41.1 Å². The predicted octanol–water partition coefficient (Wildman–Crippen LogP) is 5.31. The number of Topliss-reactive ketones (excluding diaryl/α,β-unsaturated/α-hetero) is 1. The van der Waals surface area contributed by atoms with Gasteiger partial charge < -0.3 is 4.74 Å². The van der Waals surface area contributed by atoms with Crippen LogP contribution in [-0.2, 0) is 17.8 Å². The largest absolute Gasteiger partial charge is 0.369 e. The number of hydrogen-bond donors (Lipinski definition) is 0. The van der Waals surface area contributed by atoms with Crippen LogP contribution in [0.5, 0.6) is 0 Å². The molecule has 0 saturated heterocycles. The van der Waals surface area contributed by atoms with Crippen LogP contribution in [0.3, 0.4) is 0 Å². The molecule has 7 nitrogen and oxygen atoms in total. The molecule has 0 fully saturated rings. The molecule has 1 aliphatic rings. The molecule has 3 aromatic heterocycles. The van der Waals surface area contributed by atoms with E-state index in [1.54, 1.807) is 15.9 Å². The fourth-order valence-corrected chi connectivity index (χ4v) is 6.71. The molecule has 4 heterocycles. The number of ether oxygens (including phenoxy) is 1. The molecule has 0 radical (unpaired) electrons. The molecule has 1 atom stereocenters. The summed E-state index contributed by atoms with van der Waals surface area (Å²) in [6.45, 7) is 4.68. The number of thiophene rings is 1. The van der Waals surface area contributed by atoms with Crippen molar-refractivity contribution in [1.29, 1.82) is 0 Å². The molecule has 0 bridgehead atoms. The van der Waals surface area contributed by atoms with E-state index in [-0.39, 0.29) is 22.7 Å². The average Bonchev–Trinajstić information content (AvgIpc) is 3.50. The highest BCUT2D eigenvalue weighted by molar-refractivity contribution is 7.99. The number of carbonyl (C=O) groups is 1. The van der Waals surface area contributed by atoms with Crippen LogP contribution in [0.25, 0.3) is 21.7 Å². The van der Waals surface area contributed by atoms with Gasteiger partial charge in [0, 0.05) is 16.9 Å². The van der Waals surface area contributed by atoms with E-state index in [0.717, 1.165) is 27.4 Å². The lowest BCUT2D eigenvalue weighted by molar-refractivity contribution is -0.0543. The van der Waals surface area contributed by atoms with Gasteiger partial charge in [0.15, 0.2) is 10.9 Å². The van der Waals surface area contributed by atoms with Gasteiger partial charge in [0.2, 0.25) is 5.78 Å². The van der Waals surface area contributed by atoms with E-state index in [9.17, 15) is 9.59 Å². The maximum absolute atomic E-state index is 14.0. The van der Waals surface area contributed by atoms with Gasteiger partial charge in [0.25, 0.3) is 5.56 Å². The number of nitrogens with zero attached hydrogens (tertiary/aromatic N) is 4. The van der Waals surface area contributed by atoms with E-state index >= 15 is 0 Å². The number of para-hydroxylation sites is 1. The van der Waals surface area contributed by atoms with Crippen molar-refractivity contribution in [2.75, 3.05) is 5.75 Å². The molecule has 0 N–H and O–H groups in total. The van der Waals surface area contributed by atoms with Gasteiger partial charge >= 0.3 is 0 Å². The first kappa shape index (κ1) is 23.1. The zero-order valence-corrected chi connectivity index (χ0v) is 21.6. The molecule has 9 heteroatoms. The van der Waals surface area contributed by atoms with E-state index in [1.165, 1.54) is 11.8 Å². The van der Waals surface area contributed by atoms with Gasteiger partial charge in [0.05, 0.1) is 29.0 Å². The Morgan fingerprint density at radius 2 is 1.83 bits per heavy atom. The van der Waals surface area contributed by atoms with Crippen molar-refractivity contribution in [3.63, 3.8) is 0 Å². The lowest BCUT2D eigenvalue weighted by Crippen LogP contribution is -2.34. The van der Waals surface area contributed by atoms with E-state index in [4.69, 9.17) is 4.74 Å². The van der Waals surface area contributed by atoms with Gasteiger partial charge in [-0.15, -0.1) is 21.5 Å². The average molecular weight is 517 g/mol. The van der Waals surface area contributed by atoms with Gasteiger partial charge in [0.1, 0.15) is 4.83 Å². The third-order valence-corrected chi connectivity index (χ3v) is 8.92. The van der Waals surface area contributed by atoms with Crippen molar-refractivity contribution >= 4 is 44.9 Å². The highest BCUT2D eigenvalue weighted by Gasteiger charge is 2.34. The summed E-state index contributed by atoms with van der Waals surface area (Å²) < 4.78 is 9.75. The minimum absolute atomic E-state index is 0.0163. The predicted molar refractivity (Wildman–Crippen MR) is 143 cm³/mol. The van der Waals surface area contributed by atoms with Crippen LogP contribution < -0.4 is 5.56 Å². The third kappa shape index (κ3) is 3.78. The van der Waals surface area contributed by atoms with E-state index in [2.05, 4.69) is 24.0 Å². The minimum atomic E-state index is -0.313. The zero-order valence-electron chi connectivity index (χ0n) is 19.9. The maximum atomic E-state index is 14.0. The number of thioether (sulfide) groups is 1.